The quantitative estimate of drug-likeness (QED) is 0.892. The van der Waals surface area contributed by atoms with Gasteiger partial charge in [-0.3, -0.25) is 4.79 Å². The summed E-state index contributed by atoms with van der Waals surface area (Å²) in [7, 11) is -3.46. The van der Waals surface area contributed by atoms with E-state index in [0.29, 0.717) is 24.9 Å². The molecule has 0 aliphatic carbocycles. The van der Waals surface area contributed by atoms with Crippen molar-refractivity contribution in [1.82, 2.24) is 9.29 Å². The second-order valence-electron chi connectivity index (χ2n) is 5.04. The Hall–Kier alpha value is -1.14. The van der Waals surface area contributed by atoms with Gasteiger partial charge in [0.15, 0.2) is 0 Å². The predicted octanol–water partition coefficient (Wildman–Crippen LogP) is 1.04. The van der Waals surface area contributed by atoms with Gasteiger partial charge in [-0.05, 0) is 24.3 Å². The van der Waals surface area contributed by atoms with Crippen molar-refractivity contribution < 1.29 is 8.42 Å². The van der Waals surface area contributed by atoms with Crippen LogP contribution in [0.25, 0.3) is 0 Å². The molecule has 2 rings (SSSR count). The number of pyridine rings is 1. The minimum atomic E-state index is -3.46. The van der Waals surface area contributed by atoms with Crippen LogP contribution in [0.3, 0.4) is 0 Å². The number of hydrogen-bond donors (Lipinski definition) is 1. The first-order valence-corrected chi connectivity index (χ1v) is 7.54. The van der Waals surface area contributed by atoms with Crippen LogP contribution in [-0.4, -0.2) is 30.8 Å². The largest absolute Gasteiger partial charge is 0.328 e. The minimum Gasteiger partial charge on any atom is -0.328 e. The zero-order valence-electron chi connectivity index (χ0n) is 10.6. The lowest BCUT2D eigenvalue weighted by Gasteiger charge is -2.17. The number of hydrogen-bond acceptors (Lipinski definition) is 3. The fourth-order valence-electron chi connectivity index (χ4n) is 2.22. The molecule has 1 atom stereocenters. The summed E-state index contributed by atoms with van der Waals surface area (Å²) in [6, 6.07) is 2.60. The Bertz CT molecular complexity index is 557. The number of H-pyrrole nitrogens is 1. The summed E-state index contributed by atoms with van der Waals surface area (Å²) in [6.45, 7) is 5.35. The molecule has 0 bridgehead atoms. The molecule has 0 spiro atoms. The molecule has 6 heteroatoms. The van der Waals surface area contributed by atoms with Gasteiger partial charge < -0.3 is 4.98 Å². The third-order valence-corrected chi connectivity index (χ3v) is 5.38. The van der Waals surface area contributed by atoms with Gasteiger partial charge in [0.1, 0.15) is 0 Å². The highest BCUT2D eigenvalue weighted by atomic mass is 32.2. The highest BCUT2D eigenvalue weighted by molar-refractivity contribution is 7.89. The fourth-order valence-corrected chi connectivity index (χ4v) is 3.70. The molecule has 1 unspecified atom stereocenters. The molecule has 100 valence electrons. The summed E-state index contributed by atoms with van der Waals surface area (Å²) in [6.07, 6.45) is 2.17. The average Bonchev–Trinajstić information content (AvgIpc) is 2.79. The molecule has 0 aromatic carbocycles. The van der Waals surface area contributed by atoms with Gasteiger partial charge in [-0.2, -0.15) is 4.31 Å². The maximum absolute atomic E-state index is 12.3. The Morgan fingerprint density at radius 1 is 1.39 bits per heavy atom. The van der Waals surface area contributed by atoms with Crippen LogP contribution in [0.4, 0.5) is 0 Å². The predicted molar refractivity (Wildman–Crippen MR) is 68.8 cm³/mol. The lowest BCUT2D eigenvalue weighted by Crippen LogP contribution is -2.30. The van der Waals surface area contributed by atoms with Gasteiger partial charge in [-0.15, -0.1) is 0 Å². The zero-order valence-corrected chi connectivity index (χ0v) is 11.4. The Morgan fingerprint density at radius 3 is 2.61 bits per heavy atom. The van der Waals surface area contributed by atoms with Crippen molar-refractivity contribution in [3.63, 3.8) is 0 Å². The van der Waals surface area contributed by atoms with E-state index in [1.54, 1.807) is 0 Å². The Morgan fingerprint density at radius 2 is 2.11 bits per heavy atom. The third-order valence-electron chi connectivity index (χ3n) is 3.52. The van der Waals surface area contributed by atoms with E-state index in [4.69, 9.17) is 0 Å². The Balaban J connectivity index is 2.23. The second-order valence-corrected chi connectivity index (χ2v) is 6.98. The van der Waals surface area contributed by atoms with Crippen molar-refractivity contribution in [2.75, 3.05) is 13.1 Å². The van der Waals surface area contributed by atoms with E-state index in [1.807, 2.05) is 0 Å². The van der Waals surface area contributed by atoms with Crippen molar-refractivity contribution in [1.29, 1.82) is 0 Å². The number of aromatic nitrogens is 1. The monoisotopic (exact) mass is 270 g/mol. The van der Waals surface area contributed by atoms with Gasteiger partial charge in [-0.25, -0.2) is 8.42 Å². The lowest BCUT2D eigenvalue weighted by molar-refractivity contribution is 0.388. The van der Waals surface area contributed by atoms with Gasteiger partial charge in [-0.1, -0.05) is 13.8 Å². The SMILES string of the molecule is CC(C)C1CCN(S(=O)(=O)c2ccc(=O)[nH]c2)C1. The van der Waals surface area contributed by atoms with Gasteiger partial charge >= 0.3 is 0 Å². The van der Waals surface area contributed by atoms with Crippen molar-refractivity contribution in [3.8, 4) is 0 Å². The van der Waals surface area contributed by atoms with Gasteiger partial charge in [0.2, 0.25) is 15.6 Å². The van der Waals surface area contributed by atoms with E-state index in [0.717, 1.165) is 6.42 Å². The van der Waals surface area contributed by atoms with Crippen LogP contribution in [0.2, 0.25) is 0 Å². The van der Waals surface area contributed by atoms with Crippen molar-refractivity contribution in [2.24, 2.45) is 11.8 Å². The fraction of sp³-hybridized carbons (Fsp3) is 0.583. The first-order chi connectivity index (χ1) is 8.41. The number of sulfonamides is 1. The molecular formula is C12H18N2O3S. The van der Waals surface area contributed by atoms with Crippen LogP contribution in [-0.2, 0) is 10.0 Å². The van der Waals surface area contributed by atoms with E-state index in [1.165, 1.54) is 22.6 Å². The molecule has 0 amide bonds. The molecule has 0 saturated carbocycles. The molecule has 1 aromatic rings. The first kappa shape index (κ1) is 13.3. The number of nitrogens with zero attached hydrogens (tertiary/aromatic N) is 1. The molecule has 1 saturated heterocycles. The Kier molecular flexibility index (Phi) is 3.59. The molecular weight excluding hydrogens is 252 g/mol. The number of nitrogens with one attached hydrogen (secondary N) is 1. The van der Waals surface area contributed by atoms with E-state index in [2.05, 4.69) is 18.8 Å². The smallest absolute Gasteiger partial charge is 0.247 e. The molecule has 1 aliphatic rings. The molecule has 5 nitrogen and oxygen atoms in total. The second kappa shape index (κ2) is 4.85. The summed E-state index contributed by atoms with van der Waals surface area (Å²) in [5, 5.41) is 0. The highest BCUT2D eigenvalue weighted by Gasteiger charge is 2.33. The summed E-state index contributed by atoms with van der Waals surface area (Å²) in [5.41, 5.74) is -0.296. The molecule has 1 fully saturated rings. The maximum Gasteiger partial charge on any atom is 0.247 e. The van der Waals surface area contributed by atoms with Crippen LogP contribution in [0.1, 0.15) is 20.3 Å². The summed E-state index contributed by atoms with van der Waals surface area (Å²) in [4.78, 5) is 13.5. The van der Waals surface area contributed by atoms with Crippen LogP contribution >= 0.6 is 0 Å². The van der Waals surface area contributed by atoms with Gasteiger partial charge in [0.25, 0.3) is 0 Å². The average molecular weight is 270 g/mol. The maximum atomic E-state index is 12.3. The summed E-state index contributed by atoms with van der Waals surface area (Å²) < 4.78 is 26.1. The van der Waals surface area contributed by atoms with Gasteiger partial charge in [0.05, 0.1) is 4.90 Å². The lowest BCUT2D eigenvalue weighted by atomic mass is 9.96. The topological polar surface area (TPSA) is 70.2 Å². The minimum absolute atomic E-state index is 0.159. The van der Waals surface area contributed by atoms with Crippen LogP contribution in [0.5, 0.6) is 0 Å². The molecule has 0 radical (unpaired) electrons. The van der Waals surface area contributed by atoms with Crippen molar-refractivity contribution >= 4 is 10.0 Å². The summed E-state index contributed by atoms with van der Waals surface area (Å²) in [5.74, 6) is 0.906. The van der Waals surface area contributed by atoms with Crippen LogP contribution < -0.4 is 5.56 Å². The molecule has 1 aromatic heterocycles. The molecule has 1 aliphatic heterocycles. The van der Waals surface area contributed by atoms with Crippen molar-refractivity contribution in [2.45, 2.75) is 25.2 Å². The number of rotatable bonds is 3. The van der Waals surface area contributed by atoms with E-state index < -0.39 is 10.0 Å². The summed E-state index contributed by atoms with van der Waals surface area (Å²) >= 11 is 0. The van der Waals surface area contributed by atoms with Crippen LogP contribution in [0.15, 0.2) is 28.0 Å². The normalized spacial score (nSPS) is 21.6. The molecule has 18 heavy (non-hydrogen) atoms. The van der Waals surface area contributed by atoms with E-state index in [9.17, 15) is 13.2 Å². The third kappa shape index (κ3) is 2.49. The van der Waals surface area contributed by atoms with E-state index in [-0.39, 0.29) is 10.5 Å². The highest BCUT2D eigenvalue weighted by Crippen LogP contribution is 2.27. The number of aromatic amines is 1. The first-order valence-electron chi connectivity index (χ1n) is 6.10. The Labute approximate surface area is 107 Å². The molecule has 2 heterocycles. The standard InChI is InChI=1S/C12H18N2O3S/c1-9(2)10-5-6-14(8-10)18(16,17)11-3-4-12(15)13-7-11/h3-4,7,9-10H,5-6,8H2,1-2H3,(H,13,15). The van der Waals surface area contributed by atoms with Crippen molar-refractivity contribution in [3.05, 3.63) is 28.7 Å². The van der Waals surface area contributed by atoms with Crippen LogP contribution in [0, 0.1) is 11.8 Å². The molecule has 1 N–H and O–H groups in total. The van der Waals surface area contributed by atoms with E-state index >= 15 is 0 Å². The zero-order chi connectivity index (χ0) is 13.3. The van der Waals surface area contributed by atoms with Gasteiger partial charge in [0, 0.05) is 25.4 Å².